The van der Waals surface area contributed by atoms with E-state index in [0.717, 1.165) is 17.2 Å². The number of hydrogen-bond donors (Lipinski definition) is 0. The van der Waals surface area contributed by atoms with E-state index in [4.69, 9.17) is 5.26 Å². The Morgan fingerprint density at radius 3 is 2.14 bits per heavy atom. The van der Waals surface area contributed by atoms with Crippen LogP contribution in [0.15, 0.2) is 42.5 Å². The zero-order chi connectivity index (χ0) is 15.0. The van der Waals surface area contributed by atoms with E-state index < -0.39 is 11.7 Å². The van der Waals surface area contributed by atoms with Crippen molar-refractivity contribution in [3.8, 4) is 6.07 Å². The number of benzene rings is 2. The molecule has 1 aliphatic heterocycles. The lowest BCUT2D eigenvalue weighted by Gasteiger charge is -2.20. The lowest BCUT2D eigenvalue weighted by atomic mass is 10.1. The highest BCUT2D eigenvalue weighted by atomic mass is 19.4. The standard InChI is InChI=1S/C16H11F3N2/c17-16(18,19)15-7-14(6-5-11(15)8-20)21-9-12-3-1-2-4-13(12)10-21/h1-7H,9-10H2. The summed E-state index contributed by atoms with van der Waals surface area (Å²) < 4.78 is 39.0. The molecule has 2 nitrogen and oxygen atoms in total. The van der Waals surface area contributed by atoms with E-state index in [2.05, 4.69) is 0 Å². The molecule has 2 aromatic rings. The van der Waals surface area contributed by atoms with Gasteiger partial charge in [-0.3, -0.25) is 0 Å². The second-order valence-electron chi connectivity index (χ2n) is 4.96. The van der Waals surface area contributed by atoms with Crippen LogP contribution in [0.1, 0.15) is 22.3 Å². The van der Waals surface area contributed by atoms with Crippen LogP contribution in [0.3, 0.4) is 0 Å². The highest BCUT2D eigenvalue weighted by Gasteiger charge is 2.34. The van der Waals surface area contributed by atoms with Gasteiger partial charge in [0.2, 0.25) is 0 Å². The quantitative estimate of drug-likeness (QED) is 0.790. The van der Waals surface area contributed by atoms with Crippen molar-refractivity contribution in [3.63, 3.8) is 0 Å². The van der Waals surface area contributed by atoms with E-state index in [9.17, 15) is 13.2 Å². The van der Waals surface area contributed by atoms with E-state index in [1.165, 1.54) is 6.07 Å². The van der Waals surface area contributed by atoms with Gasteiger partial charge >= 0.3 is 6.18 Å². The molecule has 0 aromatic heterocycles. The minimum atomic E-state index is -4.52. The van der Waals surface area contributed by atoms with Gasteiger partial charge in [-0.15, -0.1) is 0 Å². The monoisotopic (exact) mass is 288 g/mol. The van der Waals surface area contributed by atoms with Crippen LogP contribution in [0.4, 0.5) is 18.9 Å². The Kier molecular flexibility index (Phi) is 3.09. The molecule has 0 amide bonds. The highest BCUT2D eigenvalue weighted by molar-refractivity contribution is 5.57. The molecule has 0 unspecified atom stereocenters. The highest BCUT2D eigenvalue weighted by Crippen LogP contribution is 2.36. The van der Waals surface area contributed by atoms with Gasteiger partial charge in [-0.2, -0.15) is 18.4 Å². The fourth-order valence-electron chi connectivity index (χ4n) is 2.58. The summed E-state index contributed by atoms with van der Waals surface area (Å²) in [5.74, 6) is 0. The molecule has 0 bridgehead atoms. The van der Waals surface area contributed by atoms with Gasteiger partial charge in [-0.05, 0) is 29.3 Å². The number of fused-ring (bicyclic) bond motifs is 1. The maximum absolute atomic E-state index is 13.0. The first-order valence-corrected chi connectivity index (χ1v) is 6.42. The summed E-state index contributed by atoms with van der Waals surface area (Å²) >= 11 is 0. The molecular weight excluding hydrogens is 277 g/mol. The first-order chi connectivity index (χ1) is 9.99. The molecule has 106 valence electrons. The van der Waals surface area contributed by atoms with Crippen LogP contribution >= 0.6 is 0 Å². The minimum Gasteiger partial charge on any atom is -0.363 e. The first kappa shape index (κ1) is 13.5. The molecule has 1 heterocycles. The van der Waals surface area contributed by atoms with Crippen LogP contribution in [-0.2, 0) is 19.3 Å². The number of halogens is 3. The van der Waals surface area contributed by atoms with E-state index >= 15 is 0 Å². The normalized spacial score (nSPS) is 13.9. The van der Waals surface area contributed by atoms with Crippen molar-refractivity contribution in [3.05, 3.63) is 64.7 Å². The first-order valence-electron chi connectivity index (χ1n) is 6.42. The number of anilines is 1. The van der Waals surface area contributed by atoms with Gasteiger partial charge in [0.1, 0.15) is 0 Å². The molecular formula is C16H11F3N2. The summed E-state index contributed by atoms with van der Waals surface area (Å²) in [5.41, 5.74) is 1.50. The van der Waals surface area contributed by atoms with Crippen molar-refractivity contribution in [2.24, 2.45) is 0 Å². The van der Waals surface area contributed by atoms with E-state index in [-0.39, 0.29) is 5.56 Å². The Morgan fingerprint density at radius 2 is 1.62 bits per heavy atom. The summed E-state index contributed by atoms with van der Waals surface area (Å²) in [7, 11) is 0. The van der Waals surface area contributed by atoms with Crippen molar-refractivity contribution >= 4 is 5.69 Å². The summed E-state index contributed by atoms with van der Waals surface area (Å²) in [4.78, 5) is 1.88. The van der Waals surface area contributed by atoms with Gasteiger partial charge < -0.3 is 4.90 Å². The Bertz CT molecular complexity index is 704. The van der Waals surface area contributed by atoms with Crippen LogP contribution in [-0.4, -0.2) is 0 Å². The average molecular weight is 288 g/mol. The Hall–Kier alpha value is -2.48. The van der Waals surface area contributed by atoms with Crippen LogP contribution in [0.5, 0.6) is 0 Å². The second-order valence-corrected chi connectivity index (χ2v) is 4.96. The fourth-order valence-corrected chi connectivity index (χ4v) is 2.58. The van der Waals surface area contributed by atoms with E-state index in [0.29, 0.717) is 18.8 Å². The summed E-state index contributed by atoms with van der Waals surface area (Å²) in [6.07, 6.45) is -4.52. The van der Waals surface area contributed by atoms with E-state index in [1.807, 2.05) is 29.2 Å². The average Bonchev–Trinajstić information content (AvgIpc) is 2.89. The van der Waals surface area contributed by atoms with Gasteiger partial charge in [-0.25, -0.2) is 0 Å². The molecule has 21 heavy (non-hydrogen) atoms. The Morgan fingerprint density at radius 1 is 1.00 bits per heavy atom. The largest absolute Gasteiger partial charge is 0.417 e. The molecule has 3 rings (SSSR count). The number of rotatable bonds is 1. The SMILES string of the molecule is N#Cc1ccc(N2Cc3ccccc3C2)cc1C(F)(F)F. The third-order valence-corrected chi connectivity index (χ3v) is 3.63. The molecule has 0 radical (unpaired) electrons. The van der Waals surface area contributed by atoms with Gasteiger partial charge in [0.25, 0.3) is 0 Å². The Labute approximate surface area is 120 Å². The second kappa shape index (κ2) is 4.81. The molecule has 0 spiro atoms. The third-order valence-electron chi connectivity index (χ3n) is 3.63. The maximum Gasteiger partial charge on any atom is 0.417 e. The predicted molar refractivity (Wildman–Crippen MR) is 72.5 cm³/mol. The van der Waals surface area contributed by atoms with Crippen LogP contribution in [0.25, 0.3) is 0 Å². The number of nitriles is 1. The van der Waals surface area contributed by atoms with Gasteiger partial charge in [-0.1, -0.05) is 24.3 Å². The van der Waals surface area contributed by atoms with Crippen LogP contribution in [0.2, 0.25) is 0 Å². The van der Waals surface area contributed by atoms with Crippen molar-refractivity contribution in [1.29, 1.82) is 5.26 Å². The molecule has 1 aliphatic rings. The van der Waals surface area contributed by atoms with Crippen LogP contribution < -0.4 is 4.90 Å². The summed E-state index contributed by atoms with van der Waals surface area (Å²) in [5, 5.41) is 8.82. The lowest BCUT2D eigenvalue weighted by molar-refractivity contribution is -0.137. The molecule has 0 aliphatic carbocycles. The smallest absolute Gasteiger partial charge is 0.363 e. The third kappa shape index (κ3) is 2.45. The van der Waals surface area contributed by atoms with Crippen molar-refractivity contribution in [2.45, 2.75) is 19.3 Å². The lowest BCUT2D eigenvalue weighted by Crippen LogP contribution is -2.16. The Balaban J connectivity index is 1.97. The van der Waals surface area contributed by atoms with Crippen molar-refractivity contribution in [1.82, 2.24) is 0 Å². The van der Waals surface area contributed by atoms with E-state index in [1.54, 1.807) is 12.1 Å². The molecule has 0 fully saturated rings. The summed E-state index contributed by atoms with van der Waals surface area (Å²) in [6, 6.07) is 13.3. The molecule has 0 atom stereocenters. The number of nitrogens with zero attached hydrogens (tertiary/aromatic N) is 2. The molecule has 2 aromatic carbocycles. The zero-order valence-corrected chi connectivity index (χ0v) is 11.0. The maximum atomic E-state index is 13.0. The van der Waals surface area contributed by atoms with Crippen molar-refractivity contribution in [2.75, 3.05) is 4.90 Å². The predicted octanol–water partition coefficient (Wildman–Crippen LogP) is 4.10. The number of alkyl halides is 3. The summed E-state index contributed by atoms with van der Waals surface area (Å²) in [6.45, 7) is 1.17. The fraction of sp³-hybridized carbons (Fsp3) is 0.188. The molecule has 5 heteroatoms. The number of hydrogen-bond acceptors (Lipinski definition) is 2. The zero-order valence-electron chi connectivity index (χ0n) is 11.0. The molecule has 0 saturated carbocycles. The van der Waals surface area contributed by atoms with Crippen LogP contribution in [0, 0.1) is 11.3 Å². The molecule has 0 N–H and O–H groups in total. The topological polar surface area (TPSA) is 27.0 Å². The molecule has 0 saturated heterocycles. The minimum absolute atomic E-state index is 0.344. The van der Waals surface area contributed by atoms with Crippen molar-refractivity contribution < 1.29 is 13.2 Å². The van der Waals surface area contributed by atoms with Gasteiger partial charge in [0, 0.05) is 18.8 Å². The van der Waals surface area contributed by atoms with Gasteiger partial charge in [0.15, 0.2) is 0 Å². The van der Waals surface area contributed by atoms with Gasteiger partial charge in [0.05, 0.1) is 17.2 Å².